The van der Waals surface area contributed by atoms with Crippen LogP contribution in [0.25, 0.3) is 0 Å². The summed E-state index contributed by atoms with van der Waals surface area (Å²) in [5.74, 6) is -0.652. The van der Waals surface area contributed by atoms with Crippen molar-refractivity contribution in [1.29, 1.82) is 0 Å². The number of aliphatic hydroxyl groups excluding tert-OH is 1. The summed E-state index contributed by atoms with van der Waals surface area (Å²) < 4.78 is 13.4. The molecule has 0 spiro atoms. The first-order valence-electron chi connectivity index (χ1n) is 9.44. The minimum absolute atomic E-state index is 0.225. The molecule has 4 atom stereocenters. The normalized spacial score (nSPS) is 29.0. The Hall–Kier alpha value is -2.02. The molecule has 1 saturated carbocycles. The molecule has 4 rings (SSSR count). The molecule has 144 valence electrons. The predicted molar refractivity (Wildman–Crippen MR) is 98.6 cm³/mol. The lowest BCUT2D eigenvalue weighted by Gasteiger charge is -2.27. The molecule has 0 bridgehead atoms. The first-order chi connectivity index (χ1) is 12.9. The molecule has 1 aliphatic carbocycles. The van der Waals surface area contributed by atoms with Gasteiger partial charge < -0.3 is 15.3 Å². The SMILES string of the molecule is Oc1ccc(C(O)CN2C[C@@H]3C[C@@](O)(Cc4ccccc4)C[C@@H]3C2)nc1F. The molecular weight excluding hydrogens is 347 g/mol. The van der Waals surface area contributed by atoms with Gasteiger partial charge in [0.25, 0.3) is 5.95 Å². The van der Waals surface area contributed by atoms with Gasteiger partial charge in [-0.3, -0.25) is 4.90 Å². The smallest absolute Gasteiger partial charge is 0.255 e. The Bertz CT molecular complexity index is 787. The van der Waals surface area contributed by atoms with Crippen molar-refractivity contribution >= 4 is 0 Å². The topological polar surface area (TPSA) is 76.8 Å². The minimum Gasteiger partial charge on any atom is -0.504 e. The van der Waals surface area contributed by atoms with E-state index in [1.165, 1.54) is 12.1 Å². The summed E-state index contributed by atoms with van der Waals surface area (Å²) >= 11 is 0. The second kappa shape index (κ2) is 7.19. The van der Waals surface area contributed by atoms with Gasteiger partial charge in [-0.05, 0) is 42.4 Å². The molecule has 1 aromatic heterocycles. The summed E-state index contributed by atoms with van der Waals surface area (Å²) in [6.07, 6.45) is 1.32. The first kappa shape index (κ1) is 18.3. The molecule has 1 unspecified atom stereocenters. The van der Waals surface area contributed by atoms with Crippen molar-refractivity contribution < 1.29 is 19.7 Å². The minimum atomic E-state index is -0.962. The Morgan fingerprint density at radius 1 is 1.11 bits per heavy atom. The molecule has 3 N–H and O–H groups in total. The van der Waals surface area contributed by atoms with Crippen LogP contribution in [0.2, 0.25) is 0 Å². The molecule has 27 heavy (non-hydrogen) atoms. The zero-order valence-corrected chi connectivity index (χ0v) is 15.1. The lowest BCUT2D eigenvalue weighted by atomic mass is 9.91. The van der Waals surface area contributed by atoms with Crippen LogP contribution in [0.1, 0.15) is 30.2 Å². The molecule has 6 heteroatoms. The number of hydrogen-bond acceptors (Lipinski definition) is 5. The maximum absolute atomic E-state index is 13.4. The van der Waals surface area contributed by atoms with Crippen LogP contribution in [0.4, 0.5) is 4.39 Å². The third kappa shape index (κ3) is 3.98. The van der Waals surface area contributed by atoms with Gasteiger partial charge in [0.2, 0.25) is 0 Å². The number of aromatic nitrogens is 1. The van der Waals surface area contributed by atoms with Gasteiger partial charge in [0.1, 0.15) is 6.10 Å². The average Bonchev–Trinajstić information content (AvgIpc) is 3.11. The number of likely N-dealkylation sites (tertiary alicyclic amines) is 1. The average molecular weight is 372 g/mol. The van der Waals surface area contributed by atoms with E-state index in [0.29, 0.717) is 24.8 Å². The van der Waals surface area contributed by atoms with Crippen LogP contribution >= 0.6 is 0 Å². The van der Waals surface area contributed by atoms with E-state index in [-0.39, 0.29) is 5.69 Å². The molecule has 1 saturated heterocycles. The van der Waals surface area contributed by atoms with E-state index < -0.39 is 23.4 Å². The van der Waals surface area contributed by atoms with Crippen molar-refractivity contribution in [3.05, 3.63) is 59.7 Å². The van der Waals surface area contributed by atoms with E-state index in [0.717, 1.165) is 31.5 Å². The van der Waals surface area contributed by atoms with Crippen LogP contribution in [-0.2, 0) is 6.42 Å². The fourth-order valence-corrected chi connectivity index (χ4v) is 4.79. The monoisotopic (exact) mass is 372 g/mol. The van der Waals surface area contributed by atoms with Crippen LogP contribution < -0.4 is 0 Å². The fraction of sp³-hybridized carbons (Fsp3) is 0.476. The van der Waals surface area contributed by atoms with Crippen molar-refractivity contribution in [2.75, 3.05) is 19.6 Å². The first-order valence-corrected chi connectivity index (χ1v) is 9.44. The summed E-state index contributed by atoms with van der Waals surface area (Å²) in [6.45, 7) is 2.01. The number of benzene rings is 1. The van der Waals surface area contributed by atoms with E-state index >= 15 is 0 Å². The van der Waals surface area contributed by atoms with E-state index in [9.17, 15) is 19.7 Å². The maximum Gasteiger partial charge on any atom is 0.255 e. The van der Waals surface area contributed by atoms with Crippen molar-refractivity contribution in [1.82, 2.24) is 9.88 Å². The van der Waals surface area contributed by atoms with Gasteiger partial charge in [0.15, 0.2) is 5.75 Å². The molecule has 2 fully saturated rings. The van der Waals surface area contributed by atoms with Gasteiger partial charge in [-0.15, -0.1) is 0 Å². The zero-order valence-electron chi connectivity index (χ0n) is 15.1. The highest BCUT2D eigenvalue weighted by atomic mass is 19.1. The van der Waals surface area contributed by atoms with Gasteiger partial charge in [0.05, 0.1) is 11.3 Å². The Morgan fingerprint density at radius 3 is 2.41 bits per heavy atom. The number of aromatic hydroxyl groups is 1. The molecule has 5 nitrogen and oxygen atoms in total. The highest BCUT2D eigenvalue weighted by Gasteiger charge is 2.48. The van der Waals surface area contributed by atoms with Crippen molar-refractivity contribution in [2.24, 2.45) is 11.8 Å². The Morgan fingerprint density at radius 2 is 1.78 bits per heavy atom. The largest absolute Gasteiger partial charge is 0.504 e. The maximum atomic E-state index is 13.4. The molecule has 2 aliphatic rings. The third-order valence-corrected chi connectivity index (χ3v) is 5.94. The fourth-order valence-electron chi connectivity index (χ4n) is 4.79. The standard InChI is InChI=1S/C21H25FN2O3/c22-20-18(25)7-6-17(23-20)19(26)13-24-11-15-9-21(27,10-16(15)12-24)8-14-4-2-1-3-5-14/h1-7,15-16,19,25-27H,8-13H2/t15-,16+,19?,21-. The summed E-state index contributed by atoms with van der Waals surface area (Å²) in [5.41, 5.74) is 0.735. The number of aliphatic hydroxyl groups is 2. The second-order valence-electron chi connectivity index (χ2n) is 8.10. The highest BCUT2D eigenvalue weighted by Crippen LogP contribution is 2.45. The summed E-state index contributed by atoms with van der Waals surface area (Å²) in [6, 6.07) is 12.7. The van der Waals surface area contributed by atoms with Gasteiger partial charge in [-0.1, -0.05) is 30.3 Å². The lowest BCUT2D eigenvalue weighted by molar-refractivity contribution is 0.0326. The van der Waals surface area contributed by atoms with Crippen LogP contribution in [0.3, 0.4) is 0 Å². The molecular formula is C21H25FN2O3. The number of halogens is 1. The summed E-state index contributed by atoms with van der Waals surface area (Å²) in [7, 11) is 0. The van der Waals surface area contributed by atoms with Crippen LogP contribution in [0.5, 0.6) is 5.75 Å². The van der Waals surface area contributed by atoms with E-state index in [1.54, 1.807) is 0 Å². The van der Waals surface area contributed by atoms with Crippen LogP contribution in [0.15, 0.2) is 42.5 Å². The van der Waals surface area contributed by atoms with Crippen LogP contribution in [-0.4, -0.2) is 50.4 Å². The van der Waals surface area contributed by atoms with Crippen molar-refractivity contribution in [3.63, 3.8) is 0 Å². The molecule has 1 aliphatic heterocycles. The lowest BCUT2D eigenvalue weighted by Crippen LogP contribution is -2.33. The predicted octanol–water partition coefficient (Wildman–Crippen LogP) is 2.28. The number of rotatable bonds is 5. The van der Waals surface area contributed by atoms with E-state index in [4.69, 9.17) is 0 Å². The van der Waals surface area contributed by atoms with Gasteiger partial charge in [-0.25, -0.2) is 4.98 Å². The zero-order chi connectivity index (χ0) is 19.0. The van der Waals surface area contributed by atoms with E-state index in [2.05, 4.69) is 22.0 Å². The number of pyridine rings is 1. The van der Waals surface area contributed by atoms with Crippen molar-refractivity contribution in [2.45, 2.75) is 31.0 Å². The Kier molecular flexibility index (Phi) is 4.88. The van der Waals surface area contributed by atoms with Crippen LogP contribution in [0, 0.1) is 17.8 Å². The molecule has 1 aromatic carbocycles. The number of β-amino-alcohol motifs (C(OH)–C–C–N with tert-alkyl or cyclic N) is 1. The summed E-state index contributed by atoms with van der Waals surface area (Å²) in [5, 5.41) is 30.6. The Labute approximate surface area is 158 Å². The summed E-state index contributed by atoms with van der Waals surface area (Å²) in [4.78, 5) is 5.78. The molecule has 0 amide bonds. The highest BCUT2D eigenvalue weighted by molar-refractivity contribution is 5.21. The molecule has 2 heterocycles. The number of nitrogens with zero attached hydrogens (tertiary/aromatic N) is 2. The van der Waals surface area contributed by atoms with Gasteiger partial charge >= 0.3 is 0 Å². The molecule has 0 radical (unpaired) electrons. The third-order valence-electron chi connectivity index (χ3n) is 5.94. The number of hydrogen-bond donors (Lipinski definition) is 3. The second-order valence-corrected chi connectivity index (χ2v) is 8.10. The Balaban J connectivity index is 1.33. The van der Waals surface area contributed by atoms with Gasteiger partial charge in [0, 0.05) is 26.1 Å². The quantitative estimate of drug-likeness (QED) is 0.702. The molecule has 2 aromatic rings. The van der Waals surface area contributed by atoms with Gasteiger partial charge in [-0.2, -0.15) is 4.39 Å². The van der Waals surface area contributed by atoms with Crippen molar-refractivity contribution in [3.8, 4) is 5.75 Å². The number of fused-ring (bicyclic) bond motifs is 1. The van der Waals surface area contributed by atoms with E-state index in [1.807, 2.05) is 18.2 Å².